The molecular weight excluding hydrogens is 246 g/mol. The summed E-state index contributed by atoms with van der Waals surface area (Å²) in [5.74, 6) is 0.290. The molecule has 3 rings (SSSR count). The van der Waals surface area contributed by atoms with Crippen LogP contribution >= 0.6 is 11.3 Å². The molecule has 1 N–H and O–H groups in total. The van der Waals surface area contributed by atoms with Gasteiger partial charge in [0.25, 0.3) is 0 Å². The van der Waals surface area contributed by atoms with Crippen LogP contribution in [-0.2, 0) is 11.2 Å². The summed E-state index contributed by atoms with van der Waals surface area (Å²) in [6.45, 7) is 0.926. The summed E-state index contributed by atoms with van der Waals surface area (Å²) in [6, 6.07) is 2.17. The molecule has 18 heavy (non-hydrogen) atoms. The summed E-state index contributed by atoms with van der Waals surface area (Å²) in [4.78, 5) is 16.0. The molecule has 0 spiro atoms. The molecule has 0 saturated carbocycles. The largest absolute Gasteiger partial charge is 0.394 e. The number of carbonyl (C=O) groups is 1. The van der Waals surface area contributed by atoms with Crippen molar-refractivity contribution in [1.82, 2.24) is 4.90 Å². The van der Waals surface area contributed by atoms with E-state index in [0.29, 0.717) is 0 Å². The fraction of sp³-hybridized carbons (Fsp3) is 0.643. The molecule has 3 nitrogen and oxygen atoms in total. The van der Waals surface area contributed by atoms with Gasteiger partial charge >= 0.3 is 0 Å². The second-order valence-corrected chi connectivity index (χ2v) is 6.25. The van der Waals surface area contributed by atoms with E-state index < -0.39 is 0 Å². The average Bonchev–Trinajstić information content (AvgIpc) is 3.05. The second-order valence-electron chi connectivity index (χ2n) is 5.25. The van der Waals surface area contributed by atoms with Crippen molar-refractivity contribution in [3.63, 3.8) is 0 Å². The molecule has 1 fully saturated rings. The highest BCUT2D eigenvalue weighted by atomic mass is 32.1. The summed E-state index contributed by atoms with van der Waals surface area (Å²) < 4.78 is 0. The van der Waals surface area contributed by atoms with Crippen molar-refractivity contribution in [2.24, 2.45) is 0 Å². The molecule has 4 heteroatoms. The van der Waals surface area contributed by atoms with Crippen LogP contribution in [0.15, 0.2) is 11.4 Å². The van der Waals surface area contributed by atoms with Crippen molar-refractivity contribution in [1.29, 1.82) is 0 Å². The smallest absolute Gasteiger partial charge is 0.230 e. The summed E-state index contributed by atoms with van der Waals surface area (Å²) in [5, 5.41) is 11.4. The van der Waals surface area contributed by atoms with Crippen LogP contribution in [0, 0.1) is 0 Å². The number of fused-ring (bicyclic) bond motifs is 1. The third kappa shape index (κ3) is 1.97. The Hall–Kier alpha value is -0.870. The van der Waals surface area contributed by atoms with E-state index in [1.54, 1.807) is 11.3 Å². The maximum atomic E-state index is 12.6. The molecule has 0 radical (unpaired) electrons. The Bertz CT molecular complexity index is 443. The van der Waals surface area contributed by atoms with Crippen LogP contribution in [0.3, 0.4) is 0 Å². The number of rotatable bonds is 2. The quantitative estimate of drug-likeness (QED) is 0.890. The van der Waals surface area contributed by atoms with Gasteiger partial charge in [-0.05, 0) is 49.1 Å². The van der Waals surface area contributed by atoms with Gasteiger partial charge < -0.3 is 10.0 Å². The predicted octanol–water partition coefficient (Wildman–Crippen LogP) is 2.15. The first-order valence-corrected chi connectivity index (χ1v) is 7.67. The predicted molar refractivity (Wildman–Crippen MR) is 71.8 cm³/mol. The Balaban J connectivity index is 1.82. The van der Waals surface area contributed by atoms with Crippen molar-refractivity contribution >= 4 is 17.2 Å². The third-order valence-corrected chi connectivity index (χ3v) is 5.22. The fourth-order valence-electron chi connectivity index (χ4n) is 3.26. The van der Waals surface area contributed by atoms with Crippen molar-refractivity contribution < 1.29 is 9.90 Å². The van der Waals surface area contributed by atoms with Crippen LogP contribution in [0.25, 0.3) is 0 Å². The first kappa shape index (κ1) is 12.2. The minimum Gasteiger partial charge on any atom is -0.394 e. The lowest BCUT2D eigenvalue weighted by Crippen LogP contribution is -2.41. The molecule has 2 heterocycles. The number of aliphatic hydroxyl groups is 1. The van der Waals surface area contributed by atoms with Crippen LogP contribution in [-0.4, -0.2) is 35.1 Å². The Kier molecular flexibility index (Phi) is 3.39. The molecule has 1 aliphatic carbocycles. The summed E-state index contributed by atoms with van der Waals surface area (Å²) in [6.07, 6.45) is 5.19. The van der Waals surface area contributed by atoms with E-state index in [2.05, 4.69) is 11.4 Å². The molecule has 1 saturated heterocycles. The van der Waals surface area contributed by atoms with Crippen molar-refractivity contribution in [2.45, 2.75) is 44.1 Å². The topological polar surface area (TPSA) is 40.5 Å². The lowest BCUT2D eigenvalue weighted by Gasteiger charge is -2.30. The molecule has 1 aromatic heterocycles. The van der Waals surface area contributed by atoms with E-state index in [1.165, 1.54) is 10.4 Å². The normalized spacial score (nSPS) is 27.3. The number of likely N-dealkylation sites (tertiary alicyclic amines) is 1. The molecule has 0 bridgehead atoms. The highest BCUT2D eigenvalue weighted by Crippen LogP contribution is 2.37. The standard InChI is InChI=1S/C14H19NO2S/c16-9-10-3-2-7-15(10)14(17)12-4-1-5-13-11(12)6-8-18-13/h6,8,10,12,16H,1-5,7,9H2/t10-,12?/m0/s1. The number of nitrogens with zero attached hydrogens (tertiary/aromatic N) is 1. The van der Waals surface area contributed by atoms with Gasteiger partial charge in [-0.15, -0.1) is 11.3 Å². The molecular formula is C14H19NO2S. The minimum absolute atomic E-state index is 0.0483. The van der Waals surface area contributed by atoms with Crippen LogP contribution < -0.4 is 0 Å². The maximum Gasteiger partial charge on any atom is 0.230 e. The Labute approximate surface area is 111 Å². The van der Waals surface area contributed by atoms with Gasteiger partial charge in [0.05, 0.1) is 18.6 Å². The van der Waals surface area contributed by atoms with Crippen LogP contribution in [0.2, 0.25) is 0 Å². The van der Waals surface area contributed by atoms with Crippen LogP contribution in [0.5, 0.6) is 0 Å². The first-order chi connectivity index (χ1) is 8.81. The minimum atomic E-state index is 0.0483. The number of amides is 1. The van der Waals surface area contributed by atoms with E-state index in [-0.39, 0.29) is 24.5 Å². The maximum absolute atomic E-state index is 12.6. The monoisotopic (exact) mass is 265 g/mol. The molecule has 2 atom stereocenters. The molecule has 1 amide bonds. The number of hydrogen-bond acceptors (Lipinski definition) is 3. The molecule has 2 aliphatic rings. The third-order valence-electron chi connectivity index (χ3n) is 4.22. The van der Waals surface area contributed by atoms with E-state index >= 15 is 0 Å². The SMILES string of the molecule is O=C(C1CCCc2sccc21)N1CCC[C@H]1CO. The van der Waals surface area contributed by atoms with Gasteiger partial charge in [0.15, 0.2) is 0 Å². The summed E-state index contributed by atoms with van der Waals surface area (Å²) >= 11 is 1.78. The number of hydrogen-bond donors (Lipinski definition) is 1. The van der Waals surface area contributed by atoms with Gasteiger partial charge in [-0.3, -0.25) is 4.79 Å². The Morgan fingerprint density at radius 2 is 2.33 bits per heavy atom. The van der Waals surface area contributed by atoms with E-state index in [0.717, 1.165) is 38.6 Å². The van der Waals surface area contributed by atoms with E-state index in [4.69, 9.17) is 0 Å². The van der Waals surface area contributed by atoms with Crippen molar-refractivity contribution in [2.75, 3.05) is 13.2 Å². The zero-order valence-corrected chi connectivity index (χ0v) is 11.3. The van der Waals surface area contributed by atoms with E-state index in [9.17, 15) is 9.90 Å². The number of thiophene rings is 1. The molecule has 0 aromatic carbocycles. The number of carbonyl (C=O) groups excluding carboxylic acids is 1. The van der Waals surface area contributed by atoms with Gasteiger partial charge in [0.1, 0.15) is 0 Å². The lowest BCUT2D eigenvalue weighted by atomic mass is 9.86. The number of aliphatic hydroxyl groups excluding tert-OH is 1. The van der Waals surface area contributed by atoms with Crippen LogP contribution in [0.4, 0.5) is 0 Å². The Morgan fingerprint density at radius 3 is 3.17 bits per heavy atom. The lowest BCUT2D eigenvalue weighted by molar-refractivity contribution is -0.134. The zero-order chi connectivity index (χ0) is 12.5. The van der Waals surface area contributed by atoms with Gasteiger partial charge in [-0.25, -0.2) is 0 Å². The molecule has 1 unspecified atom stereocenters. The summed E-state index contributed by atoms with van der Waals surface area (Å²) in [5.41, 5.74) is 1.25. The van der Waals surface area contributed by atoms with Gasteiger partial charge in [-0.2, -0.15) is 0 Å². The van der Waals surface area contributed by atoms with Gasteiger partial charge in [0.2, 0.25) is 5.91 Å². The zero-order valence-electron chi connectivity index (χ0n) is 10.5. The van der Waals surface area contributed by atoms with Crippen molar-refractivity contribution in [3.8, 4) is 0 Å². The van der Waals surface area contributed by atoms with Gasteiger partial charge in [-0.1, -0.05) is 0 Å². The summed E-state index contributed by atoms with van der Waals surface area (Å²) in [7, 11) is 0. The Morgan fingerprint density at radius 1 is 1.44 bits per heavy atom. The van der Waals surface area contributed by atoms with Gasteiger partial charge in [0, 0.05) is 11.4 Å². The van der Waals surface area contributed by atoms with Crippen LogP contribution in [0.1, 0.15) is 42.0 Å². The molecule has 1 aromatic rings. The van der Waals surface area contributed by atoms with Crippen molar-refractivity contribution in [3.05, 3.63) is 21.9 Å². The highest BCUT2D eigenvalue weighted by molar-refractivity contribution is 7.10. The fourth-order valence-corrected chi connectivity index (χ4v) is 4.25. The van der Waals surface area contributed by atoms with E-state index in [1.807, 2.05) is 4.90 Å². The highest BCUT2D eigenvalue weighted by Gasteiger charge is 2.35. The average molecular weight is 265 g/mol. The first-order valence-electron chi connectivity index (χ1n) is 6.79. The number of aryl methyl sites for hydroxylation is 1. The molecule has 1 aliphatic heterocycles. The second kappa shape index (κ2) is 5.02. The molecule has 98 valence electrons.